The van der Waals surface area contributed by atoms with Crippen LogP contribution in [0.3, 0.4) is 0 Å². The topological polar surface area (TPSA) is 99.0 Å². The van der Waals surface area contributed by atoms with Gasteiger partial charge in [0.05, 0.1) is 5.39 Å². The fourth-order valence-corrected chi connectivity index (χ4v) is 4.81. The van der Waals surface area contributed by atoms with Gasteiger partial charge >= 0.3 is 11.7 Å². The maximum Gasteiger partial charge on any atom is 0.405 e. The summed E-state index contributed by atoms with van der Waals surface area (Å²) in [6, 6.07) is 4.49. The van der Waals surface area contributed by atoms with Crippen LogP contribution in [0.2, 0.25) is 0 Å². The van der Waals surface area contributed by atoms with Gasteiger partial charge in [-0.15, -0.1) is 11.3 Å². The van der Waals surface area contributed by atoms with Crippen LogP contribution < -0.4 is 10.3 Å². The number of fused-ring (bicyclic) bond motifs is 3. The molecule has 2 atom stereocenters. The van der Waals surface area contributed by atoms with Crippen molar-refractivity contribution in [1.29, 1.82) is 0 Å². The number of ether oxygens (including phenoxy) is 1. The van der Waals surface area contributed by atoms with Crippen LogP contribution in [0, 0.1) is 11.1 Å². The van der Waals surface area contributed by atoms with Crippen molar-refractivity contribution in [3.8, 4) is 0 Å². The molecule has 140 valence electrons. The Labute approximate surface area is 159 Å². The van der Waals surface area contributed by atoms with Crippen molar-refractivity contribution >= 4 is 27.5 Å². The average molecular weight is 385 g/mol. The molecule has 0 spiro atoms. The number of aryl methyl sites for hydroxylation is 1. The van der Waals surface area contributed by atoms with Gasteiger partial charge in [0.15, 0.2) is 18.1 Å². The van der Waals surface area contributed by atoms with E-state index in [1.807, 2.05) is 0 Å². The van der Waals surface area contributed by atoms with E-state index < -0.39 is 12.1 Å². The van der Waals surface area contributed by atoms with Crippen molar-refractivity contribution in [2.75, 3.05) is 0 Å². The molecule has 27 heavy (non-hydrogen) atoms. The van der Waals surface area contributed by atoms with Crippen LogP contribution in [-0.2, 0) is 17.6 Å². The first-order valence-corrected chi connectivity index (χ1v) is 9.69. The Balaban J connectivity index is 1.65. The molecule has 1 aliphatic carbocycles. The van der Waals surface area contributed by atoms with E-state index in [9.17, 15) is 14.8 Å². The normalized spacial score (nSPS) is 17.5. The van der Waals surface area contributed by atoms with Gasteiger partial charge in [-0.1, -0.05) is 6.92 Å². The first-order chi connectivity index (χ1) is 12.9. The first-order valence-electron chi connectivity index (χ1n) is 8.87. The van der Waals surface area contributed by atoms with Gasteiger partial charge < -0.3 is 14.9 Å². The van der Waals surface area contributed by atoms with Crippen LogP contribution in [0.4, 0.5) is 0 Å². The van der Waals surface area contributed by atoms with Crippen LogP contribution in [0.1, 0.15) is 53.1 Å². The Morgan fingerprint density at radius 2 is 2.30 bits per heavy atom. The lowest BCUT2D eigenvalue weighted by atomic mass is 9.89. The molecule has 8 heteroatoms. The molecular formula is C19H19N3O4S. The van der Waals surface area contributed by atoms with E-state index in [-0.39, 0.29) is 17.1 Å². The molecule has 0 unspecified atom stereocenters. The van der Waals surface area contributed by atoms with E-state index in [0.717, 1.165) is 24.8 Å². The number of carbonyl (C=O) groups excluding carboxylic acids is 1. The molecule has 3 aromatic heterocycles. The number of esters is 1. The lowest BCUT2D eigenvalue weighted by Crippen LogP contribution is -2.35. The van der Waals surface area contributed by atoms with Crippen LogP contribution in [-0.4, -0.2) is 15.9 Å². The van der Waals surface area contributed by atoms with E-state index in [0.29, 0.717) is 20.9 Å². The Hall–Kier alpha value is -2.74. The number of thiophene rings is 1. The standard InChI is InChI=1S/C19H19N3O4S/c1-10-6-7-12-14(9-10)27-18-15(12)17(23)20-16(21-18)11(2)26-19(24)13-5-3-4-8-22(13)25/h3-5,8,10-11H,6-7,9H2,1-2H3,(H,20,21,23)/t10-,11+/m0/s1. The summed E-state index contributed by atoms with van der Waals surface area (Å²) < 4.78 is 5.79. The van der Waals surface area contributed by atoms with Crippen molar-refractivity contribution < 1.29 is 14.3 Å². The molecule has 3 heterocycles. The van der Waals surface area contributed by atoms with Gasteiger partial charge in [0.1, 0.15) is 4.83 Å². The average Bonchev–Trinajstić information content (AvgIpc) is 2.99. The molecule has 0 aliphatic heterocycles. The largest absolute Gasteiger partial charge is 0.618 e. The summed E-state index contributed by atoms with van der Waals surface area (Å²) in [6.45, 7) is 3.83. The Morgan fingerprint density at radius 3 is 3.07 bits per heavy atom. The summed E-state index contributed by atoms with van der Waals surface area (Å²) in [5, 5.41) is 12.3. The van der Waals surface area contributed by atoms with Crippen LogP contribution in [0.15, 0.2) is 29.2 Å². The Morgan fingerprint density at radius 1 is 1.48 bits per heavy atom. The second-order valence-corrected chi connectivity index (χ2v) is 8.03. The number of H-pyrrole nitrogens is 1. The molecule has 3 aromatic rings. The predicted octanol–water partition coefficient (Wildman–Crippen LogP) is 2.66. The highest BCUT2D eigenvalue weighted by Crippen LogP contribution is 2.35. The number of aromatic amines is 1. The van der Waals surface area contributed by atoms with E-state index in [2.05, 4.69) is 16.9 Å². The third-order valence-corrected chi connectivity index (χ3v) is 6.03. The van der Waals surface area contributed by atoms with Gasteiger partial charge in [-0.3, -0.25) is 4.79 Å². The third kappa shape index (κ3) is 3.21. The minimum absolute atomic E-state index is 0.117. The lowest BCUT2D eigenvalue weighted by molar-refractivity contribution is -0.608. The summed E-state index contributed by atoms with van der Waals surface area (Å²) in [7, 11) is 0. The monoisotopic (exact) mass is 385 g/mol. The molecule has 0 fully saturated rings. The zero-order valence-corrected chi connectivity index (χ0v) is 15.8. The highest BCUT2D eigenvalue weighted by Gasteiger charge is 2.25. The van der Waals surface area contributed by atoms with Crippen LogP contribution >= 0.6 is 11.3 Å². The van der Waals surface area contributed by atoms with Gasteiger partial charge in [0.25, 0.3) is 5.56 Å². The van der Waals surface area contributed by atoms with E-state index >= 15 is 0 Å². The number of aromatic nitrogens is 3. The number of carbonyl (C=O) groups is 1. The molecule has 1 N–H and O–H groups in total. The number of nitrogens with one attached hydrogen (secondary N) is 1. The molecular weight excluding hydrogens is 366 g/mol. The van der Waals surface area contributed by atoms with Crippen molar-refractivity contribution in [3.63, 3.8) is 0 Å². The minimum Gasteiger partial charge on any atom is -0.618 e. The number of rotatable bonds is 3. The van der Waals surface area contributed by atoms with Crippen molar-refractivity contribution in [2.45, 2.75) is 39.2 Å². The quantitative estimate of drug-likeness (QED) is 0.424. The smallest absolute Gasteiger partial charge is 0.405 e. The second kappa shape index (κ2) is 6.77. The van der Waals surface area contributed by atoms with Crippen LogP contribution in [0.5, 0.6) is 0 Å². The van der Waals surface area contributed by atoms with Crippen molar-refractivity contribution in [2.24, 2.45) is 5.92 Å². The molecule has 4 rings (SSSR count). The molecule has 0 amide bonds. The fourth-order valence-electron chi connectivity index (χ4n) is 3.42. The van der Waals surface area contributed by atoms with Gasteiger partial charge in [0, 0.05) is 17.0 Å². The fraction of sp³-hybridized carbons (Fsp3) is 0.368. The Bertz CT molecular complexity index is 1090. The first kappa shape index (κ1) is 17.7. The number of pyridine rings is 1. The molecule has 0 saturated carbocycles. The molecule has 0 aromatic carbocycles. The molecule has 0 radical (unpaired) electrons. The summed E-state index contributed by atoms with van der Waals surface area (Å²) in [5.41, 5.74) is 0.784. The van der Waals surface area contributed by atoms with Crippen LogP contribution in [0.25, 0.3) is 10.2 Å². The van der Waals surface area contributed by atoms with Crippen molar-refractivity contribution in [1.82, 2.24) is 9.97 Å². The van der Waals surface area contributed by atoms with Gasteiger partial charge in [-0.05, 0) is 43.7 Å². The molecule has 0 bridgehead atoms. The highest BCUT2D eigenvalue weighted by atomic mass is 32.1. The molecule has 1 aliphatic rings. The number of nitrogens with zero attached hydrogens (tertiary/aromatic N) is 2. The maximum absolute atomic E-state index is 12.6. The summed E-state index contributed by atoms with van der Waals surface area (Å²) in [4.78, 5) is 34.1. The molecule has 0 saturated heterocycles. The number of hydrogen-bond acceptors (Lipinski definition) is 6. The summed E-state index contributed by atoms with van der Waals surface area (Å²) >= 11 is 1.54. The van der Waals surface area contributed by atoms with Gasteiger partial charge in [0.2, 0.25) is 0 Å². The zero-order valence-electron chi connectivity index (χ0n) is 15.0. The van der Waals surface area contributed by atoms with Gasteiger partial charge in [-0.2, -0.15) is 4.73 Å². The summed E-state index contributed by atoms with van der Waals surface area (Å²) in [5.74, 6) is 0.120. The van der Waals surface area contributed by atoms with Gasteiger partial charge in [-0.25, -0.2) is 9.78 Å². The predicted molar refractivity (Wildman–Crippen MR) is 101 cm³/mol. The Kier molecular flexibility index (Phi) is 4.43. The third-order valence-electron chi connectivity index (χ3n) is 4.89. The lowest BCUT2D eigenvalue weighted by Gasteiger charge is -2.17. The zero-order chi connectivity index (χ0) is 19.1. The highest BCUT2D eigenvalue weighted by molar-refractivity contribution is 7.18. The van der Waals surface area contributed by atoms with E-state index in [4.69, 9.17) is 4.74 Å². The second-order valence-electron chi connectivity index (χ2n) is 6.94. The van der Waals surface area contributed by atoms with Crippen molar-refractivity contribution in [3.05, 3.63) is 61.9 Å². The maximum atomic E-state index is 12.6. The minimum atomic E-state index is -0.784. The summed E-state index contributed by atoms with van der Waals surface area (Å²) in [6.07, 6.45) is 3.37. The number of hydrogen-bond donors (Lipinski definition) is 1. The molecule has 7 nitrogen and oxygen atoms in total. The SMILES string of the molecule is C[C@H]1CCc2c(sc3nc([C@@H](C)OC(=O)c4cccc[n+]4[O-])[nH]c(=O)c23)C1. The van der Waals surface area contributed by atoms with E-state index in [1.54, 1.807) is 24.3 Å². The van der Waals surface area contributed by atoms with E-state index in [1.165, 1.54) is 23.2 Å².